The average Bonchev–Trinajstić information content (AvgIpc) is 2.25. The van der Waals surface area contributed by atoms with Crippen molar-refractivity contribution in [3.05, 3.63) is 36.4 Å². The SMILES string of the molecule is O=S(=O)(O)c1ccc2c(S(=O)(=O)O)cccc2c1.[Na].[Na]. The van der Waals surface area contributed by atoms with Crippen molar-refractivity contribution in [1.82, 2.24) is 0 Å². The van der Waals surface area contributed by atoms with Crippen LogP contribution in [0, 0.1) is 0 Å². The van der Waals surface area contributed by atoms with Gasteiger partial charge in [0, 0.05) is 64.5 Å². The molecule has 2 N–H and O–H groups in total. The van der Waals surface area contributed by atoms with Crippen LogP contribution in [0.4, 0.5) is 0 Å². The maximum atomic E-state index is 11.1. The summed E-state index contributed by atoms with van der Waals surface area (Å²) in [7, 11) is -8.74. The van der Waals surface area contributed by atoms with Gasteiger partial charge in [-0.3, -0.25) is 9.11 Å². The molecule has 0 aliphatic heterocycles. The first-order chi connectivity index (χ1) is 8.19. The number of hydrogen-bond donors (Lipinski definition) is 2. The summed E-state index contributed by atoms with van der Waals surface area (Å²) in [6, 6.07) is 7.43. The molecule has 0 spiro atoms. The zero-order chi connectivity index (χ0) is 13.6. The van der Waals surface area contributed by atoms with Gasteiger partial charge in [-0.05, 0) is 23.6 Å². The van der Waals surface area contributed by atoms with E-state index in [0.29, 0.717) is 0 Å². The Morgan fingerprint density at radius 1 is 0.800 bits per heavy atom. The van der Waals surface area contributed by atoms with Crippen LogP contribution in [-0.2, 0) is 20.2 Å². The minimum absolute atomic E-state index is 0. The molecular formula is C10H8Na2O6S2. The fourth-order valence-corrected chi connectivity index (χ4v) is 2.85. The normalized spacial score (nSPS) is 11.5. The first kappa shape index (κ1) is 20.5. The van der Waals surface area contributed by atoms with Gasteiger partial charge in [0.05, 0.1) is 4.90 Å². The third kappa shape index (κ3) is 4.51. The van der Waals surface area contributed by atoms with Gasteiger partial charge in [0.1, 0.15) is 4.90 Å². The van der Waals surface area contributed by atoms with Gasteiger partial charge in [0.25, 0.3) is 20.2 Å². The Balaban J connectivity index is 0.00000180. The van der Waals surface area contributed by atoms with Gasteiger partial charge in [0.2, 0.25) is 0 Å². The maximum absolute atomic E-state index is 11.1. The predicted octanol–water partition coefficient (Wildman–Crippen LogP) is 0.572. The van der Waals surface area contributed by atoms with E-state index < -0.39 is 20.2 Å². The van der Waals surface area contributed by atoms with Crippen LogP contribution in [0.25, 0.3) is 10.8 Å². The maximum Gasteiger partial charge on any atom is 0.295 e. The molecule has 0 amide bonds. The van der Waals surface area contributed by atoms with Crippen LogP contribution < -0.4 is 0 Å². The number of benzene rings is 2. The van der Waals surface area contributed by atoms with Crippen molar-refractivity contribution in [2.75, 3.05) is 0 Å². The van der Waals surface area contributed by atoms with Crippen LogP contribution in [0.5, 0.6) is 0 Å². The van der Waals surface area contributed by atoms with E-state index in [1.807, 2.05) is 0 Å². The standard InChI is InChI=1S/C10H8O6S2.2Na/c11-17(12,13)8-4-5-9-7(6-8)2-1-3-10(9)18(14,15)16;;/h1-6H,(H,11,12,13)(H,14,15,16);;. The first-order valence-electron chi connectivity index (χ1n) is 4.67. The Morgan fingerprint density at radius 2 is 1.40 bits per heavy atom. The van der Waals surface area contributed by atoms with Crippen LogP contribution in [0.1, 0.15) is 0 Å². The fraction of sp³-hybridized carbons (Fsp3) is 0. The molecule has 2 aromatic rings. The fourth-order valence-electron chi connectivity index (χ4n) is 1.62. The van der Waals surface area contributed by atoms with Crippen LogP contribution in [-0.4, -0.2) is 85.1 Å². The molecule has 6 nitrogen and oxygen atoms in total. The summed E-state index contributed by atoms with van der Waals surface area (Å²) in [5.41, 5.74) is 0. The molecule has 20 heavy (non-hydrogen) atoms. The van der Waals surface area contributed by atoms with Crippen molar-refractivity contribution >= 4 is 90.1 Å². The Kier molecular flexibility index (Phi) is 7.37. The van der Waals surface area contributed by atoms with Gasteiger partial charge in [-0.15, -0.1) is 0 Å². The minimum Gasteiger partial charge on any atom is -0.282 e. The Morgan fingerprint density at radius 3 is 1.90 bits per heavy atom. The molecule has 10 heteroatoms. The van der Waals surface area contributed by atoms with E-state index in [9.17, 15) is 16.8 Å². The van der Waals surface area contributed by atoms with E-state index in [2.05, 4.69) is 0 Å². The van der Waals surface area contributed by atoms with Crippen molar-refractivity contribution < 1.29 is 25.9 Å². The number of rotatable bonds is 2. The molecule has 0 heterocycles. The molecule has 0 saturated heterocycles. The van der Waals surface area contributed by atoms with Crippen LogP contribution >= 0.6 is 0 Å². The molecule has 2 aromatic carbocycles. The van der Waals surface area contributed by atoms with Crippen molar-refractivity contribution in [1.29, 1.82) is 0 Å². The molecule has 0 atom stereocenters. The van der Waals surface area contributed by atoms with Crippen molar-refractivity contribution in [2.45, 2.75) is 9.79 Å². The zero-order valence-electron chi connectivity index (χ0n) is 10.8. The molecule has 2 radical (unpaired) electrons. The molecule has 2 rings (SSSR count). The quantitative estimate of drug-likeness (QED) is 0.614. The molecular weight excluding hydrogens is 326 g/mol. The van der Waals surface area contributed by atoms with E-state index >= 15 is 0 Å². The Hall–Kier alpha value is 0.520. The van der Waals surface area contributed by atoms with E-state index in [1.165, 1.54) is 24.3 Å². The zero-order valence-corrected chi connectivity index (χ0v) is 16.4. The van der Waals surface area contributed by atoms with Crippen molar-refractivity contribution in [2.24, 2.45) is 0 Å². The van der Waals surface area contributed by atoms with E-state index in [1.54, 1.807) is 0 Å². The second kappa shape index (κ2) is 7.19. The Bertz CT molecular complexity index is 830. The minimum atomic E-state index is -4.39. The van der Waals surface area contributed by atoms with Crippen LogP contribution in [0.15, 0.2) is 46.2 Å². The molecule has 0 fully saturated rings. The number of hydrogen-bond acceptors (Lipinski definition) is 4. The average molecular weight is 334 g/mol. The second-order valence-electron chi connectivity index (χ2n) is 3.59. The van der Waals surface area contributed by atoms with E-state index in [0.717, 1.165) is 12.1 Å². The van der Waals surface area contributed by atoms with Crippen LogP contribution in [0.3, 0.4) is 0 Å². The van der Waals surface area contributed by atoms with Crippen molar-refractivity contribution in [3.8, 4) is 0 Å². The van der Waals surface area contributed by atoms with Gasteiger partial charge < -0.3 is 0 Å². The van der Waals surface area contributed by atoms with Gasteiger partial charge >= 0.3 is 0 Å². The molecule has 0 saturated carbocycles. The molecule has 0 unspecified atom stereocenters. The van der Waals surface area contributed by atoms with Crippen molar-refractivity contribution in [3.63, 3.8) is 0 Å². The topological polar surface area (TPSA) is 109 Å². The summed E-state index contributed by atoms with van der Waals surface area (Å²) < 4.78 is 62.0. The molecule has 0 aromatic heterocycles. The smallest absolute Gasteiger partial charge is 0.282 e. The molecule has 0 aliphatic carbocycles. The molecule has 98 valence electrons. The summed E-state index contributed by atoms with van der Waals surface area (Å²) in [5, 5.41) is 0.452. The van der Waals surface area contributed by atoms with E-state index in [4.69, 9.17) is 9.11 Å². The summed E-state index contributed by atoms with van der Waals surface area (Å²) in [6.45, 7) is 0. The summed E-state index contributed by atoms with van der Waals surface area (Å²) in [4.78, 5) is -0.663. The first-order valence-corrected chi connectivity index (χ1v) is 7.55. The van der Waals surface area contributed by atoms with Gasteiger partial charge in [-0.25, -0.2) is 0 Å². The molecule has 0 bridgehead atoms. The number of fused-ring (bicyclic) bond motifs is 1. The monoisotopic (exact) mass is 334 g/mol. The van der Waals surface area contributed by atoms with E-state index in [-0.39, 0.29) is 79.7 Å². The van der Waals surface area contributed by atoms with Crippen LogP contribution in [0.2, 0.25) is 0 Å². The summed E-state index contributed by atoms with van der Waals surface area (Å²) >= 11 is 0. The molecule has 0 aliphatic rings. The Labute approximate surface area is 160 Å². The van der Waals surface area contributed by atoms with Gasteiger partial charge in [-0.1, -0.05) is 18.2 Å². The predicted molar refractivity (Wildman–Crippen MR) is 75.1 cm³/mol. The third-order valence-electron chi connectivity index (χ3n) is 2.39. The van der Waals surface area contributed by atoms with Gasteiger partial charge in [-0.2, -0.15) is 16.8 Å². The summed E-state index contributed by atoms with van der Waals surface area (Å²) in [6.07, 6.45) is 0. The second-order valence-corrected chi connectivity index (χ2v) is 6.40. The summed E-state index contributed by atoms with van der Waals surface area (Å²) in [5.74, 6) is 0. The largest absolute Gasteiger partial charge is 0.295 e. The third-order valence-corrected chi connectivity index (χ3v) is 4.15. The van der Waals surface area contributed by atoms with Gasteiger partial charge in [0.15, 0.2) is 0 Å².